The molecule has 1 aliphatic carbocycles. The fourth-order valence-electron chi connectivity index (χ4n) is 3.90. The predicted molar refractivity (Wildman–Crippen MR) is 83.1 cm³/mol. The first kappa shape index (κ1) is 13.8. The van der Waals surface area contributed by atoms with Crippen LogP contribution in [-0.2, 0) is 0 Å². The monoisotopic (exact) mass is 288 g/mol. The van der Waals surface area contributed by atoms with Crippen molar-refractivity contribution in [1.29, 1.82) is 5.26 Å². The molecule has 3 rings (SSSR count). The van der Waals surface area contributed by atoms with E-state index in [-0.39, 0.29) is 0 Å². The van der Waals surface area contributed by atoms with E-state index in [4.69, 9.17) is 11.6 Å². The molecule has 1 aromatic carbocycles. The summed E-state index contributed by atoms with van der Waals surface area (Å²) in [5.41, 5.74) is 2.37. The highest BCUT2D eigenvalue weighted by Gasteiger charge is 2.35. The molecule has 0 unspecified atom stereocenters. The van der Waals surface area contributed by atoms with Crippen LogP contribution >= 0.6 is 11.6 Å². The summed E-state index contributed by atoms with van der Waals surface area (Å²) in [6.45, 7) is 2.16. The van der Waals surface area contributed by atoms with Crippen LogP contribution in [0.3, 0.4) is 0 Å². The van der Waals surface area contributed by atoms with Gasteiger partial charge >= 0.3 is 0 Å². The Kier molecular flexibility index (Phi) is 3.89. The third-order valence-electron chi connectivity index (χ3n) is 5.16. The van der Waals surface area contributed by atoms with E-state index in [2.05, 4.69) is 11.0 Å². The molecule has 20 heavy (non-hydrogen) atoms. The Morgan fingerprint density at radius 2 is 1.75 bits per heavy atom. The molecule has 1 saturated carbocycles. The van der Waals surface area contributed by atoms with Crippen molar-refractivity contribution in [1.82, 2.24) is 0 Å². The lowest BCUT2D eigenvalue weighted by molar-refractivity contribution is 0.144. The number of halogens is 1. The van der Waals surface area contributed by atoms with Gasteiger partial charge in [-0.3, -0.25) is 0 Å². The van der Waals surface area contributed by atoms with Gasteiger partial charge in [-0.2, -0.15) is 5.26 Å². The molecule has 0 aromatic heterocycles. The van der Waals surface area contributed by atoms with Crippen LogP contribution < -0.4 is 4.90 Å². The Labute approximate surface area is 126 Å². The summed E-state index contributed by atoms with van der Waals surface area (Å²) in [6.07, 6.45) is 9.61. The molecule has 1 heterocycles. The highest BCUT2D eigenvalue weighted by Crippen LogP contribution is 2.45. The van der Waals surface area contributed by atoms with E-state index in [0.29, 0.717) is 16.0 Å². The molecule has 106 valence electrons. The lowest BCUT2D eigenvalue weighted by atomic mass is 9.68. The fourth-order valence-corrected chi connectivity index (χ4v) is 4.07. The first-order valence-electron chi connectivity index (χ1n) is 7.67. The van der Waals surface area contributed by atoms with Crippen molar-refractivity contribution < 1.29 is 0 Å². The zero-order valence-corrected chi connectivity index (χ0v) is 12.6. The van der Waals surface area contributed by atoms with Crippen molar-refractivity contribution in [2.75, 3.05) is 18.0 Å². The quantitative estimate of drug-likeness (QED) is 0.745. The Hall–Kier alpha value is -1.20. The third kappa shape index (κ3) is 2.65. The number of rotatable bonds is 1. The average Bonchev–Trinajstić information content (AvgIpc) is 2.49. The van der Waals surface area contributed by atoms with Gasteiger partial charge < -0.3 is 4.90 Å². The van der Waals surface area contributed by atoms with Gasteiger partial charge in [0.05, 0.1) is 11.3 Å². The van der Waals surface area contributed by atoms with Gasteiger partial charge in [-0.1, -0.05) is 30.9 Å². The highest BCUT2D eigenvalue weighted by molar-refractivity contribution is 6.30. The van der Waals surface area contributed by atoms with Crippen LogP contribution in [0.4, 0.5) is 5.69 Å². The van der Waals surface area contributed by atoms with Crippen LogP contribution in [0.25, 0.3) is 0 Å². The van der Waals surface area contributed by atoms with E-state index >= 15 is 0 Å². The SMILES string of the molecule is N#Cc1cc(Cl)ccc1N1CCC2(CCCCC2)CC1. The first-order valence-corrected chi connectivity index (χ1v) is 8.05. The molecule has 2 fully saturated rings. The van der Waals surface area contributed by atoms with E-state index in [1.807, 2.05) is 12.1 Å². The number of nitriles is 1. The van der Waals surface area contributed by atoms with Gasteiger partial charge in [0.1, 0.15) is 6.07 Å². The van der Waals surface area contributed by atoms with Crippen molar-refractivity contribution in [3.05, 3.63) is 28.8 Å². The van der Waals surface area contributed by atoms with Crippen LogP contribution in [0.2, 0.25) is 5.02 Å². The molecular weight excluding hydrogens is 268 g/mol. The van der Waals surface area contributed by atoms with E-state index < -0.39 is 0 Å². The molecule has 0 radical (unpaired) electrons. The van der Waals surface area contributed by atoms with Crippen LogP contribution in [-0.4, -0.2) is 13.1 Å². The van der Waals surface area contributed by atoms with E-state index in [1.54, 1.807) is 6.07 Å². The number of piperidine rings is 1. The zero-order chi connectivity index (χ0) is 14.0. The lowest BCUT2D eigenvalue weighted by Gasteiger charge is -2.45. The molecule has 0 bridgehead atoms. The normalized spacial score (nSPS) is 21.7. The lowest BCUT2D eigenvalue weighted by Crippen LogP contribution is -2.41. The summed E-state index contributed by atoms with van der Waals surface area (Å²) in [6, 6.07) is 7.95. The van der Waals surface area contributed by atoms with Gasteiger partial charge in [-0.15, -0.1) is 0 Å². The van der Waals surface area contributed by atoms with Crippen LogP contribution in [0.15, 0.2) is 18.2 Å². The smallest absolute Gasteiger partial charge is 0.101 e. The van der Waals surface area contributed by atoms with Crippen molar-refractivity contribution in [2.24, 2.45) is 5.41 Å². The third-order valence-corrected chi connectivity index (χ3v) is 5.39. The second-order valence-corrected chi connectivity index (χ2v) is 6.76. The summed E-state index contributed by atoms with van der Waals surface area (Å²) in [5.74, 6) is 0. The van der Waals surface area contributed by atoms with Gasteiger partial charge in [-0.05, 0) is 49.3 Å². The van der Waals surface area contributed by atoms with Gasteiger partial charge in [0.25, 0.3) is 0 Å². The van der Waals surface area contributed by atoms with E-state index in [9.17, 15) is 5.26 Å². The van der Waals surface area contributed by atoms with E-state index in [1.165, 1.54) is 44.9 Å². The Morgan fingerprint density at radius 1 is 1.05 bits per heavy atom. The topological polar surface area (TPSA) is 27.0 Å². The highest BCUT2D eigenvalue weighted by atomic mass is 35.5. The molecule has 1 aromatic rings. The largest absolute Gasteiger partial charge is 0.370 e. The molecule has 0 atom stereocenters. The summed E-state index contributed by atoms with van der Waals surface area (Å²) in [5, 5.41) is 9.92. The number of benzene rings is 1. The maximum Gasteiger partial charge on any atom is 0.101 e. The minimum atomic E-state index is 0.605. The molecule has 1 spiro atoms. The summed E-state index contributed by atoms with van der Waals surface area (Å²) in [4.78, 5) is 2.37. The van der Waals surface area contributed by atoms with Crippen molar-refractivity contribution in [2.45, 2.75) is 44.9 Å². The molecule has 2 aliphatic rings. The molecular formula is C17H21ClN2. The Bertz CT molecular complexity index is 516. The van der Waals surface area contributed by atoms with Crippen LogP contribution in [0.5, 0.6) is 0 Å². The zero-order valence-electron chi connectivity index (χ0n) is 11.9. The second kappa shape index (κ2) is 5.66. The molecule has 1 aliphatic heterocycles. The number of hydrogen-bond donors (Lipinski definition) is 0. The summed E-state index contributed by atoms with van der Waals surface area (Å²) < 4.78 is 0. The standard InChI is InChI=1S/C17H21ClN2/c18-15-4-5-16(14(12-15)13-19)20-10-8-17(9-11-20)6-2-1-3-7-17/h4-5,12H,1-3,6-11H2. The maximum absolute atomic E-state index is 9.28. The first-order chi connectivity index (χ1) is 9.72. The van der Waals surface area contributed by atoms with Gasteiger partial charge in [-0.25, -0.2) is 0 Å². The van der Waals surface area contributed by atoms with Crippen molar-refractivity contribution >= 4 is 17.3 Å². The number of hydrogen-bond acceptors (Lipinski definition) is 2. The summed E-state index contributed by atoms with van der Waals surface area (Å²) >= 11 is 5.98. The predicted octanol–water partition coefficient (Wildman–Crippen LogP) is 4.76. The maximum atomic E-state index is 9.28. The molecule has 1 saturated heterocycles. The van der Waals surface area contributed by atoms with Crippen LogP contribution in [0, 0.1) is 16.7 Å². The molecule has 3 heteroatoms. The van der Waals surface area contributed by atoms with Crippen molar-refractivity contribution in [3.8, 4) is 6.07 Å². The average molecular weight is 289 g/mol. The van der Waals surface area contributed by atoms with Gasteiger partial charge in [0, 0.05) is 18.1 Å². The fraction of sp³-hybridized carbons (Fsp3) is 0.588. The minimum absolute atomic E-state index is 0.605. The molecule has 2 nitrogen and oxygen atoms in total. The van der Waals surface area contributed by atoms with Gasteiger partial charge in [0.15, 0.2) is 0 Å². The second-order valence-electron chi connectivity index (χ2n) is 6.32. The molecule has 0 N–H and O–H groups in total. The Morgan fingerprint density at radius 3 is 2.40 bits per heavy atom. The number of anilines is 1. The van der Waals surface area contributed by atoms with Gasteiger partial charge in [0.2, 0.25) is 0 Å². The molecule has 0 amide bonds. The van der Waals surface area contributed by atoms with Crippen LogP contribution in [0.1, 0.15) is 50.5 Å². The van der Waals surface area contributed by atoms with Crippen molar-refractivity contribution in [3.63, 3.8) is 0 Å². The Balaban J connectivity index is 1.73. The summed E-state index contributed by atoms with van der Waals surface area (Å²) in [7, 11) is 0. The number of nitrogens with zero attached hydrogens (tertiary/aromatic N) is 2. The van der Waals surface area contributed by atoms with E-state index in [0.717, 1.165) is 18.8 Å². The minimum Gasteiger partial charge on any atom is -0.370 e.